The van der Waals surface area contributed by atoms with Gasteiger partial charge in [-0.1, -0.05) is 0 Å². The summed E-state index contributed by atoms with van der Waals surface area (Å²) in [5.74, 6) is 0.0995. The normalized spacial score (nSPS) is 11.4. The Bertz CT molecular complexity index is 1170. The lowest BCUT2D eigenvalue weighted by Gasteiger charge is -2.05. The highest BCUT2D eigenvalue weighted by atomic mass is 32.1. The Hall–Kier alpha value is -2.86. The number of hydrogen-bond acceptors (Lipinski definition) is 6. The van der Waals surface area contributed by atoms with Crippen LogP contribution >= 0.6 is 11.3 Å². The van der Waals surface area contributed by atoms with Crippen molar-refractivity contribution in [1.82, 2.24) is 4.98 Å². The standard InChI is InChI=1S/C18H14N2O3S/c1-8-5-9(2)20-18-15(8)16(19)17(24-18)12-7-14(22)23-13-4-3-10(21)6-11(12)13/h3-7,21H,19H2,1-2H3. The monoisotopic (exact) mass is 338 g/mol. The van der Waals surface area contributed by atoms with Crippen LogP contribution in [0.3, 0.4) is 0 Å². The molecule has 0 fully saturated rings. The molecule has 1 aromatic carbocycles. The van der Waals surface area contributed by atoms with Gasteiger partial charge in [0.2, 0.25) is 0 Å². The molecule has 0 aliphatic rings. The fourth-order valence-corrected chi connectivity index (χ4v) is 4.25. The maximum Gasteiger partial charge on any atom is 0.336 e. The quantitative estimate of drug-likeness (QED) is 0.513. The van der Waals surface area contributed by atoms with Crippen molar-refractivity contribution in [2.24, 2.45) is 0 Å². The van der Waals surface area contributed by atoms with E-state index in [-0.39, 0.29) is 5.75 Å². The summed E-state index contributed by atoms with van der Waals surface area (Å²) in [4.78, 5) is 18.1. The number of pyridine rings is 1. The summed E-state index contributed by atoms with van der Waals surface area (Å²) in [6.45, 7) is 3.93. The molecule has 0 aliphatic carbocycles. The number of aryl methyl sites for hydroxylation is 2. The SMILES string of the molecule is Cc1cc(C)c2c(N)c(-c3cc(=O)oc4ccc(O)cc34)sc2n1. The molecule has 4 aromatic rings. The molecule has 3 heterocycles. The van der Waals surface area contributed by atoms with Gasteiger partial charge in [-0.3, -0.25) is 0 Å². The van der Waals surface area contributed by atoms with Crippen LogP contribution in [0.15, 0.2) is 39.5 Å². The summed E-state index contributed by atoms with van der Waals surface area (Å²) in [5.41, 5.74) is 9.54. The van der Waals surface area contributed by atoms with Gasteiger partial charge in [0.1, 0.15) is 16.2 Å². The number of aromatic hydroxyl groups is 1. The van der Waals surface area contributed by atoms with E-state index in [4.69, 9.17) is 10.2 Å². The second kappa shape index (κ2) is 5.07. The zero-order valence-electron chi connectivity index (χ0n) is 13.1. The first-order valence-corrected chi connectivity index (χ1v) is 8.19. The maximum absolute atomic E-state index is 11.9. The van der Waals surface area contributed by atoms with Crippen molar-refractivity contribution in [2.75, 3.05) is 5.73 Å². The fourth-order valence-electron chi connectivity index (χ4n) is 3.01. The van der Waals surface area contributed by atoms with Crippen LogP contribution in [0, 0.1) is 13.8 Å². The first kappa shape index (κ1) is 14.7. The largest absolute Gasteiger partial charge is 0.508 e. The first-order chi connectivity index (χ1) is 11.4. The van der Waals surface area contributed by atoms with Crippen molar-refractivity contribution in [2.45, 2.75) is 13.8 Å². The second-order valence-corrected chi connectivity index (χ2v) is 6.76. The van der Waals surface area contributed by atoms with Crippen LogP contribution in [-0.2, 0) is 0 Å². The molecule has 0 bridgehead atoms. The van der Waals surface area contributed by atoms with Gasteiger partial charge in [-0.15, -0.1) is 11.3 Å². The molecule has 0 aliphatic heterocycles. The van der Waals surface area contributed by atoms with Gasteiger partial charge in [-0.2, -0.15) is 0 Å². The number of nitrogen functional groups attached to an aromatic ring is 1. The summed E-state index contributed by atoms with van der Waals surface area (Å²) in [6, 6.07) is 8.03. The minimum absolute atomic E-state index is 0.0995. The van der Waals surface area contributed by atoms with E-state index < -0.39 is 5.63 Å². The molecule has 120 valence electrons. The molecule has 0 saturated heterocycles. The zero-order chi connectivity index (χ0) is 17.0. The van der Waals surface area contributed by atoms with E-state index in [2.05, 4.69) is 4.98 Å². The highest BCUT2D eigenvalue weighted by Gasteiger charge is 2.18. The van der Waals surface area contributed by atoms with Gasteiger partial charge in [0, 0.05) is 28.1 Å². The third-order valence-electron chi connectivity index (χ3n) is 3.99. The van der Waals surface area contributed by atoms with Gasteiger partial charge in [0.05, 0.1) is 10.6 Å². The van der Waals surface area contributed by atoms with Gasteiger partial charge in [-0.25, -0.2) is 9.78 Å². The summed E-state index contributed by atoms with van der Waals surface area (Å²) >= 11 is 1.44. The van der Waals surface area contributed by atoms with Gasteiger partial charge < -0.3 is 15.3 Å². The summed E-state index contributed by atoms with van der Waals surface area (Å²) in [7, 11) is 0. The van der Waals surface area contributed by atoms with Crippen molar-refractivity contribution >= 4 is 38.2 Å². The molecule has 0 spiro atoms. The summed E-state index contributed by atoms with van der Waals surface area (Å²) in [6.07, 6.45) is 0. The number of benzene rings is 1. The first-order valence-electron chi connectivity index (χ1n) is 7.37. The van der Waals surface area contributed by atoms with E-state index >= 15 is 0 Å². The Morgan fingerprint density at radius 2 is 2.00 bits per heavy atom. The highest BCUT2D eigenvalue weighted by Crippen LogP contribution is 2.43. The summed E-state index contributed by atoms with van der Waals surface area (Å²) in [5, 5.41) is 11.3. The smallest absolute Gasteiger partial charge is 0.336 e. The van der Waals surface area contributed by atoms with E-state index in [1.165, 1.54) is 23.5 Å². The van der Waals surface area contributed by atoms with E-state index in [0.29, 0.717) is 22.2 Å². The molecule has 24 heavy (non-hydrogen) atoms. The van der Waals surface area contributed by atoms with E-state index in [9.17, 15) is 9.90 Å². The molecule has 0 radical (unpaired) electrons. The van der Waals surface area contributed by atoms with Crippen molar-refractivity contribution < 1.29 is 9.52 Å². The predicted molar refractivity (Wildman–Crippen MR) is 96.6 cm³/mol. The lowest BCUT2D eigenvalue weighted by atomic mass is 10.1. The second-order valence-electron chi connectivity index (χ2n) is 5.77. The number of nitrogens with two attached hydrogens (primary N) is 1. The van der Waals surface area contributed by atoms with Crippen molar-refractivity contribution in [3.63, 3.8) is 0 Å². The third kappa shape index (κ3) is 2.15. The Labute approximate surface area is 141 Å². The molecule has 0 atom stereocenters. The molecular formula is C18H14N2O3S. The number of thiophene rings is 1. The number of anilines is 1. The number of hydrogen-bond donors (Lipinski definition) is 2. The van der Waals surface area contributed by atoms with Crippen LogP contribution in [0.2, 0.25) is 0 Å². The summed E-state index contributed by atoms with van der Waals surface area (Å²) < 4.78 is 5.22. The van der Waals surface area contributed by atoms with Crippen LogP contribution in [0.1, 0.15) is 11.3 Å². The average Bonchev–Trinajstić information content (AvgIpc) is 2.83. The molecule has 0 saturated carbocycles. The van der Waals surface area contributed by atoms with Crippen LogP contribution in [0.5, 0.6) is 5.75 Å². The molecular weight excluding hydrogens is 324 g/mol. The maximum atomic E-state index is 11.9. The topological polar surface area (TPSA) is 89.4 Å². The van der Waals surface area contributed by atoms with Crippen LogP contribution in [-0.4, -0.2) is 10.1 Å². The van der Waals surface area contributed by atoms with Crippen molar-refractivity contribution in [3.05, 3.63) is 52.0 Å². The van der Waals surface area contributed by atoms with Gasteiger partial charge >= 0.3 is 5.63 Å². The van der Waals surface area contributed by atoms with Gasteiger partial charge in [0.15, 0.2) is 0 Å². The highest BCUT2D eigenvalue weighted by molar-refractivity contribution is 7.22. The average molecular weight is 338 g/mol. The Morgan fingerprint density at radius 3 is 2.79 bits per heavy atom. The number of rotatable bonds is 1. The number of fused-ring (bicyclic) bond motifs is 2. The Morgan fingerprint density at radius 1 is 1.21 bits per heavy atom. The van der Waals surface area contributed by atoms with Crippen LogP contribution in [0.4, 0.5) is 5.69 Å². The lowest BCUT2D eigenvalue weighted by molar-refractivity contribution is 0.475. The lowest BCUT2D eigenvalue weighted by Crippen LogP contribution is -1.98. The van der Waals surface area contributed by atoms with Gasteiger partial charge in [0.25, 0.3) is 0 Å². The van der Waals surface area contributed by atoms with E-state index in [1.54, 1.807) is 12.1 Å². The van der Waals surface area contributed by atoms with E-state index in [0.717, 1.165) is 26.4 Å². The number of phenols is 1. The molecule has 0 unspecified atom stereocenters. The predicted octanol–water partition coefficient (Wildman–Crippen LogP) is 3.97. The Kier molecular flexibility index (Phi) is 3.11. The minimum atomic E-state index is -0.457. The fraction of sp³-hybridized carbons (Fsp3) is 0.111. The number of nitrogens with zero attached hydrogens (tertiary/aromatic N) is 1. The van der Waals surface area contributed by atoms with Crippen LogP contribution in [0.25, 0.3) is 31.6 Å². The number of phenolic OH excluding ortho intramolecular Hbond substituents is 1. The van der Waals surface area contributed by atoms with E-state index in [1.807, 2.05) is 19.9 Å². The molecule has 4 rings (SSSR count). The van der Waals surface area contributed by atoms with Gasteiger partial charge in [-0.05, 0) is 43.7 Å². The van der Waals surface area contributed by atoms with Crippen molar-refractivity contribution in [1.29, 1.82) is 0 Å². The molecule has 6 heteroatoms. The zero-order valence-corrected chi connectivity index (χ0v) is 13.9. The van der Waals surface area contributed by atoms with Crippen molar-refractivity contribution in [3.8, 4) is 16.2 Å². The molecule has 3 N–H and O–H groups in total. The number of aromatic nitrogens is 1. The molecule has 0 amide bonds. The van der Waals surface area contributed by atoms with Crippen LogP contribution < -0.4 is 11.4 Å². The minimum Gasteiger partial charge on any atom is -0.508 e. The third-order valence-corrected chi connectivity index (χ3v) is 5.13. The molecule has 5 nitrogen and oxygen atoms in total. The molecule has 3 aromatic heterocycles. The Balaban J connectivity index is 2.14.